The SMILES string of the molecule is O=C(O)c1cc(C(F)(F)F)ccc1NCC(F)(F)F. The van der Waals surface area contributed by atoms with Gasteiger partial charge in [-0.2, -0.15) is 26.3 Å². The first kappa shape index (κ1) is 15.1. The van der Waals surface area contributed by atoms with Crippen molar-refractivity contribution in [3.8, 4) is 0 Å². The molecule has 1 aromatic rings. The zero-order valence-corrected chi connectivity index (χ0v) is 9.06. The Hall–Kier alpha value is -1.93. The van der Waals surface area contributed by atoms with Crippen LogP contribution in [0.1, 0.15) is 15.9 Å². The number of benzene rings is 1. The molecule has 0 saturated carbocycles. The molecule has 0 amide bonds. The molecule has 0 atom stereocenters. The fourth-order valence-electron chi connectivity index (χ4n) is 1.25. The van der Waals surface area contributed by atoms with E-state index in [1.807, 2.05) is 0 Å². The van der Waals surface area contributed by atoms with Crippen LogP contribution in [0.25, 0.3) is 0 Å². The summed E-state index contributed by atoms with van der Waals surface area (Å²) in [7, 11) is 0. The minimum atomic E-state index is -4.77. The number of carboxylic acids is 1. The molecule has 0 radical (unpaired) electrons. The van der Waals surface area contributed by atoms with Crippen molar-refractivity contribution in [2.75, 3.05) is 11.9 Å². The van der Waals surface area contributed by atoms with E-state index >= 15 is 0 Å². The van der Waals surface area contributed by atoms with E-state index in [0.29, 0.717) is 12.1 Å². The molecule has 0 bridgehead atoms. The van der Waals surface area contributed by atoms with Crippen LogP contribution in [-0.4, -0.2) is 23.8 Å². The molecule has 0 unspecified atom stereocenters. The van der Waals surface area contributed by atoms with Gasteiger partial charge < -0.3 is 10.4 Å². The molecule has 1 aromatic carbocycles. The number of carboxylic acid groups (broad SMARTS) is 1. The summed E-state index contributed by atoms with van der Waals surface area (Å²) in [6.45, 7) is -1.54. The van der Waals surface area contributed by atoms with Gasteiger partial charge in [-0.1, -0.05) is 0 Å². The lowest BCUT2D eigenvalue weighted by atomic mass is 10.1. The van der Waals surface area contributed by atoms with E-state index in [1.165, 1.54) is 0 Å². The van der Waals surface area contributed by atoms with Gasteiger partial charge in [0.2, 0.25) is 0 Å². The van der Waals surface area contributed by atoms with Crippen LogP contribution in [0.5, 0.6) is 0 Å². The van der Waals surface area contributed by atoms with Crippen LogP contribution in [0.3, 0.4) is 0 Å². The summed E-state index contributed by atoms with van der Waals surface area (Å²) in [5.41, 5.74) is -2.65. The number of halogens is 6. The second kappa shape index (κ2) is 4.98. The van der Waals surface area contributed by atoms with Crippen molar-refractivity contribution in [1.29, 1.82) is 0 Å². The maximum absolute atomic E-state index is 12.3. The topological polar surface area (TPSA) is 49.3 Å². The summed E-state index contributed by atoms with van der Waals surface area (Å²) in [4.78, 5) is 10.7. The Morgan fingerprint density at radius 1 is 1.16 bits per heavy atom. The predicted molar refractivity (Wildman–Crippen MR) is 52.9 cm³/mol. The molecule has 19 heavy (non-hydrogen) atoms. The van der Waals surface area contributed by atoms with Crippen molar-refractivity contribution in [2.45, 2.75) is 12.4 Å². The quantitative estimate of drug-likeness (QED) is 0.838. The monoisotopic (exact) mass is 287 g/mol. The summed E-state index contributed by atoms with van der Waals surface area (Å²) >= 11 is 0. The van der Waals surface area contributed by atoms with Gasteiger partial charge in [0.1, 0.15) is 6.54 Å². The minimum absolute atomic E-state index is 0.279. The third-order valence-electron chi connectivity index (χ3n) is 2.06. The second-order valence-electron chi connectivity index (χ2n) is 3.53. The lowest BCUT2D eigenvalue weighted by molar-refractivity contribution is -0.137. The van der Waals surface area contributed by atoms with Crippen molar-refractivity contribution in [3.63, 3.8) is 0 Å². The highest BCUT2D eigenvalue weighted by molar-refractivity contribution is 5.94. The third-order valence-corrected chi connectivity index (χ3v) is 2.06. The number of alkyl halides is 6. The minimum Gasteiger partial charge on any atom is -0.478 e. The molecule has 0 aliphatic carbocycles. The maximum Gasteiger partial charge on any atom is 0.416 e. The first-order chi connectivity index (χ1) is 8.50. The Morgan fingerprint density at radius 3 is 2.16 bits per heavy atom. The first-order valence-electron chi connectivity index (χ1n) is 4.76. The highest BCUT2D eigenvalue weighted by atomic mass is 19.4. The Kier molecular flexibility index (Phi) is 3.97. The van der Waals surface area contributed by atoms with E-state index in [0.717, 1.165) is 0 Å². The van der Waals surface area contributed by atoms with Crippen LogP contribution in [-0.2, 0) is 6.18 Å². The van der Waals surface area contributed by atoms with Gasteiger partial charge in [-0.15, -0.1) is 0 Å². The van der Waals surface area contributed by atoms with Crippen molar-refractivity contribution < 1.29 is 36.2 Å². The standard InChI is InChI=1S/C10H7F6NO2/c11-9(12,13)4-17-7-2-1-5(10(14,15)16)3-6(7)8(18)19/h1-3,17H,4H2,(H,18,19). The van der Waals surface area contributed by atoms with Crippen molar-refractivity contribution >= 4 is 11.7 Å². The fraction of sp³-hybridized carbons (Fsp3) is 0.300. The van der Waals surface area contributed by atoms with Gasteiger partial charge in [0.15, 0.2) is 0 Å². The number of aromatic carboxylic acids is 1. The number of nitrogens with one attached hydrogen (secondary N) is 1. The number of carbonyl (C=O) groups is 1. The zero-order chi connectivity index (χ0) is 14.8. The van der Waals surface area contributed by atoms with E-state index in [4.69, 9.17) is 5.11 Å². The maximum atomic E-state index is 12.3. The van der Waals surface area contributed by atoms with E-state index < -0.39 is 41.7 Å². The van der Waals surface area contributed by atoms with Crippen LogP contribution >= 0.6 is 0 Å². The Labute approximate surface area is 102 Å². The van der Waals surface area contributed by atoms with Crippen LogP contribution < -0.4 is 5.32 Å². The number of anilines is 1. The molecule has 0 aliphatic heterocycles. The molecule has 106 valence electrons. The van der Waals surface area contributed by atoms with Gasteiger partial charge in [0.25, 0.3) is 0 Å². The molecule has 0 spiro atoms. The van der Waals surface area contributed by atoms with Crippen LogP contribution in [0.4, 0.5) is 32.0 Å². The summed E-state index contributed by atoms with van der Waals surface area (Å²) in [5, 5.41) is 10.4. The van der Waals surface area contributed by atoms with Crippen LogP contribution in [0.15, 0.2) is 18.2 Å². The highest BCUT2D eigenvalue weighted by Crippen LogP contribution is 2.32. The Morgan fingerprint density at radius 2 is 1.74 bits per heavy atom. The lowest BCUT2D eigenvalue weighted by Gasteiger charge is -2.14. The third kappa shape index (κ3) is 4.34. The fourth-order valence-corrected chi connectivity index (χ4v) is 1.25. The molecule has 0 aliphatic rings. The van der Waals surface area contributed by atoms with Gasteiger partial charge in [-0.25, -0.2) is 4.79 Å². The van der Waals surface area contributed by atoms with Gasteiger partial charge in [-0.3, -0.25) is 0 Å². The summed E-state index contributed by atoms with van der Waals surface area (Å²) in [5.74, 6) is -1.75. The smallest absolute Gasteiger partial charge is 0.416 e. The summed E-state index contributed by atoms with van der Waals surface area (Å²) in [6, 6.07) is 1.43. The lowest BCUT2D eigenvalue weighted by Crippen LogP contribution is -2.22. The first-order valence-corrected chi connectivity index (χ1v) is 4.76. The molecule has 1 rings (SSSR count). The van der Waals surface area contributed by atoms with Gasteiger partial charge in [0, 0.05) is 5.69 Å². The second-order valence-corrected chi connectivity index (χ2v) is 3.53. The van der Waals surface area contributed by atoms with E-state index in [9.17, 15) is 31.1 Å². The van der Waals surface area contributed by atoms with E-state index in [2.05, 4.69) is 0 Å². The largest absolute Gasteiger partial charge is 0.478 e. The average molecular weight is 287 g/mol. The van der Waals surface area contributed by atoms with E-state index in [-0.39, 0.29) is 6.07 Å². The number of hydrogen-bond acceptors (Lipinski definition) is 2. The molecule has 3 nitrogen and oxygen atoms in total. The molecular weight excluding hydrogens is 280 g/mol. The van der Waals surface area contributed by atoms with Gasteiger partial charge in [-0.05, 0) is 18.2 Å². The Bertz CT molecular complexity index is 480. The van der Waals surface area contributed by atoms with Crippen LogP contribution in [0.2, 0.25) is 0 Å². The summed E-state index contributed by atoms with van der Waals surface area (Å²) < 4.78 is 72.9. The average Bonchev–Trinajstić information content (AvgIpc) is 2.23. The van der Waals surface area contributed by atoms with Gasteiger partial charge in [0.05, 0.1) is 11.1 Å². The molecular formula is C10H7F6NO2. The van der Waals surface area contributed by atoms with E-state index in [1.54, 1.807) is 5.32 Å². The summed E-state index contributed by atoms with van der Waals surface area (Å²) in [6.07, 6.45) is -9.38. The van der Waals surface area contributed by atoms with Gasteiger partial charge >= 0.3 is 18.3 Å². The van der Waals surface area contributed by atoms with Crippen LogP contribution in [0, 0.1) is 0 Å². The van der Waals surface area contributed by atoms with Crippen molar-refractivity contribution in [3.05, 3.63) is 29.3 Å². The molecule has 0 aromatic heterocycles. The normalized spacial score (nSPS) is 12.3. The van der Waals surface area contributed by atoms with Crippen molar-refractivity contribution in [2.24, 2.45) is 0 Å². The highest BCUT2D eigenvalue weighted by Gasteiger charge is 2.32. The molecule has 0 saturated heterocycles. The number of hydrogen-bond donors (Lipinski definition) is 2. The molecule has 0 heterocycles. The number of rotatable bonds is 3. The zero-order valence-electron chi connectivity index (χ0n) is 9.06. The molecule has 9 heteroatoms. The predicted octanol–water partition coefficient (Wildman–Crippen LogP) is 3.38. The molecule has 0 fully saturated rings. The Balaban J connectivity index is 3.09. The molecule has 2 N–H and O–H groups in total. The van der Waals surface area contributed by atoms with Crippen molar-refractivity contribution in [1.82, 2.24) is 0 Å².